The first-order chi connectivity index (χ1) is 10.9. The van der Waals surface area contributed by atoms with Gasteiger partial charge in [-0.1, -0.05) is 13.0 Å². The monoisotopic (exact) mass is 322 g/mol. The molecule has 1 N–H and O–H groups in total. The fraction of sp³-hybridized carbons (Fsp3) is 0.562. The lowest BCUT2D eigenvalue weighted by molar-refractivity contribution is -0.150. The van der Waals surface area contributed by atoms with Crippen LogP contribution >= 0.6 is 0 Å². The highest BCUT2D eigenvalue weighted by atomic mass is 19.1. The minimum atomic E-state index is -0.990. The Morgan fingerprint density at radius 3 is 2.96 bits per heavy atom. The van der Waals surface area contributed by atoms with Crippen LogP contribution in [0.25, 0.3) is 0 Å². The number of nitrogens with zero attached hydrogens (tertiary/aromatic N) is 2. The van der Waals surface area contributed by atoms with Gasteiger partial charge >= 0.3 is 5.97 Å². The van der Waals surface area contributed by atoms with Gasteiger partial charge in [-0.15, -0.1) is 0 Å². The highest BCUT2D eigenvalue weighted by molar-refractivity contribution is 5.85. The average Bonchev–Trinajstić information content (AvgIpc) is 3.01. The minimum absolute atomic E-state index is 0.00431. The number of aliphatic carboxylic acids is 1. The van der Waals surface area contributed by atoms with Gasteiger partial charge in [0.25, 0.3) is 0 Å². The average molecular weight is 322 g/mol. The van der Waals surface area contributed by atoms with Crippen molar-refractivity contribution in [2.24, 2.45) is 5.92 Å². The standard InChI is InChI=1S/C16H19FN2O4/c1-10(15(20)19-6-2-3-14(19)16(21)22)9-23-12-5-4-11(8-18)13(17)7-12/h4,7,10,12,14H,2-3,5-6,9H2,1H3,(H,21,22)/t10-,12?,14-/m1/s1. The molecular formula is C16H19FN2O4. The van der Waals surface area contributed by atoms with Gasteiger partial charge in [0.2, 0.25) is 5.91 Å². The van der Waals surface area contributed by atoms with E-state index in [1.165, 1.54) is 17.1 Å². The van der Waals surface area contributed by atoms with E-state index in [-0.39, 0.29) is 18.1 Å². The molecule has 6 nitrogen and oxygen atoms in total. The number of carboxylic acids is 1. The first-order valence-electron chi connectivity index (χ1n) is 7.57. The number of rotatable bonds is 5. The molecule has 1 saturated heterocycles. The van der Waals surface area contributed by atoms with Crippen LogP contribution in [-0.2, 0) is 14.3 Å². The normalized spacial score (nSPS) is 25.3. The molecule has 1 heterocycles. The Kier molecular flexibility index (Phi) is 5.50. The molecule has 1 aliphatic heterocycles. The third-order valence-corrected chi connectivity index (χ3v) is 4.07. The van der Waals surface area contributed by atoms with Gasteiger partial charge in [-0.05, 0) is 25.3 Å². The lowest BCUT2D eigenvalue weighted by atomic mass is 10.0. The Morgan fingerprint density at radius 2 is 2.35 bits per heavy atom. The third kappa shape index (κ3) is 3.96. The fourth-order valence-corrected chi connectivity index (χ4v) is 2.78. The van der Waals surface area contributed by atoms with Crippen molar-refractivity contribution in [2.75, 3.05) is 13.2 Å². The Balaban J connectivity index is 1.87. The molecule has 0 aromatic carbocycles. The molecule has 23 heavy (non-hydrogen) atoms. The van der Waals surface area contributed by atoms with Crippen molar-refractivity contribution >= 4 is 11.9 Å². The number of hydrogen-bond acceptors (Lipinski definition) is 4. The van der Waals surface area contributed by atoms with Crippen molar-refractivity contribution in [3.05, 3.63) is 23.6 Å². The van der Waals surface area contributed by atoms with Gasteiger partial charge < -0.3 is 14.7 Å². The van der Waals surface area contributed by atoms with Crippen molar-refractivity contribution < 1.29 is 23.8 Å². The largest absolute Gasteiger partial charge is 0.480 e. The predicted octanol–water partition coefficient (Wildman–Crippen LogP) is 1.79. The maximum atomic E-state index is 13.5. The lowest BCUT2D eigenvalue weighted by Gasteiger charge is -2.26. The Labute approximate surface area is 133 Å². The maximum Gasteiger partial charge on any atom is 0.326 e. The number of nitriles is 1. The number of carbonyl (C=O) groups excluding carboxylic acids is 1. The van der Waals surface area contributed by atoms with E-state index in [1.807, 2.05) is 0 Å². The zero-order chi connectivity index (χ0) is 17.0. The van der Waals surface area contributed by atoms with E-state index in [0.29, 0.717) is 25.8 Å². The summed E-state index contributed by atoms with van der Waals surface area (Å²) >= 11 is 0. The molecule has 124 valence electrons. The van der Waals surface area contributed by atoms with Gasteiger partial charge in [0, 0.05) is 6.54 Å². The van der Waals surface area contributed by atoms with Gasteiger partial charge in [0.1, 0.15) is 17.9 Å². The zero-order valence-corrected chi connectivity index (χ0v) is 12.9. The number of ether oxygens (including phenoxy) is 1. The molecule has 0 aromatic heterocycles. The number of likely N-dealkylation sites (tertiary alicyclic amines) is 1. The van der Waals surface area contributed by atoms with Crippen LogP contribution in [0, 0.1) is 17.2 Å². The molecule has 7 heteroatoms. The number of carbonyl (C=O) groups is 2. The molecule has 2 rings (SSSR count). The topological polar surface area (TPSA) is 90.6 Å². The lowest BCUT2D eigenvalue weighted by Crippen LogP contribution is -2.44. The van der Waals surface area contributed by atoms with Gasteiger partial charge in [-0.25, -0.2) is 9.18 Å². The maximum absolute atomic E-state index is 13.5. The zero-order valence-electron chi connectivity index (χ0n) is 12.9. The summed E-state index contributed by atoms with van der Waals surface area (Å²) in [4.78, 5) is 24.8. The number of carboxylic acid groups (broad SMARTS) is 1. The van der Waals surface area contributed by atoms with Crippen molar-refractivity contribution in [3.8, 4) is 6.07 Å². The molecule has 1 fully saturated rings. The number of halogens is 1. The molecule has 0 spiro atoms. The SMILES string of the molecule is C[C@H](COC1C=C(F)C(C#N)=CC1)C(=O)N1CCC[C@@H]1C(=O)O. The van der Waals surface area contributed by atoms with Crippen molar-refractivity contribution in [1.82, 2.24) is 4.90 Å². The second-order valence-electron chi connectivity index (χ2n) is 5.78. The van der Waals surface area contributed by atoms with Gasteiger partial charge in [-0.2, -0.15) is 5.26 Å². The summed E-state index contributed by atoms with van der Waals surface area (Å²) in [6, 6.07) is 0.990. The molecule has 0 radical (unpaired) electrons. The molecule has 1 amide bonds. The van der Waals surface area contributed by atoms with E-state index >= 15 is 0 Å². The van der Waals surface area contributed by atoms with Crippen LogP contribution in [0.5, 0.6) is 0 Å². The third-order valence-electron chi connectivity index (χ3n) is 4.07. The first-order valence-corrected chi connectivity index (χ1v) is 7.57. The van der Waals surface area contributed by atoms with E-state index in [0.717, 1.165) is 0 Å². The minimum Gasteiger partial charge on any atom is -0.480 e. The molecule has 0 aromatic rings. The van der Waals surface area contributed by atoms with E-state index in [1.54, 1.807) is 13.0 Å². The molecule has 0 bridgehead atoms. The molecule has 1 unspecified atom stereocenters. The summed E-state index contributed by atoms with van der Waals surface area (Å²) in [6.07, 6.45) is 3.69. The van der Waals surface area contributed by atoms with Crippen molar-refractivity contribution in [1.29, 1.82) is 5.26 Å². The van der Waals surface area contributed by atoms with E-state index in [9.17, 15) is 14.0 Å². The molecule has 3 atom stereocenters. The van der Waals surface area contributed by atoms with Crippen LogP contribution in [0.3, 0.4) is 0 Å². The summed E-state index contributed by atoms with van der Waals surface area (Å²) in [7, 11) is 0. The summed E-state index contributed by atoms with van der Waals surface area (Å²) in [5.41, 5.74) is -0.00431. The van der Waals surface area contributed by atoms with Crippen LogP contribution in [0.4, 0.5) is 4.39 Å². The highest BCUT2D eigenvalue weighted by Crippen LogP contribution is 2.23. The summed E-state index contributed by atoms with van der Waals surface area (Å²) in [5, 5.41) is 17.8. The fourth-order valence-electron chi connectivity index (χ4n) is 2.78. The number of amides is 1. The predicted molar refractivity (Wildman–Crippen MR) is 78.8 cm³/mol. The summed E-state index contributed by atoms with van der Waals surface area (Å²) in [5.74, 6) is -2.38. The quantitative estimate of drug-likeness (QED) is 0.833. The van der Waals surface area contributed by atoms with Gasteiger partial charge in [0.15, 0.2) is 0 Å². The Morgan fingerprint density at radius 1 is 1.61 bits per heavy atom. The summed E-state index contributed by atoms with van der Waals surface area (Å²) in [6.45, 7) is 2.18. The molecule has 2 aliphatic rings. The first kappa shape index (κ1) is 17.2. The van der Waals surface area contributed by atoms with Crippen LogP contribution in [0.15, 0.2) is 23.6 Å². The van der Waals surface area contributed by atoms with Crippen LogP contribution < -0.4 is 0 Å². The Hall–Kier alpha value is -2.20. The smallest absolute Gasteiger partial charge is 0.326 e. The Bertz CT molecular complexity index is 593. The van der Waals surface area contributed by atoms with E-state index < -0.39 is 29.9 Å². The van der Waals surface area contributed by atoms with Gasteiger partial charge in [0.05, 0.1) is 24.2 Å². The highest BCUT2D eigenvalue weighted by Gasteiger charge is 2.36. The second-order valence-corrected chi connectivity index (χ2v) is 5.78. The molecule has 0 saturated carbocycles. The van der Waals surface area contributed by atoms with Crippen molar-refractivity contribution in [3.63, 3.8) is 0 Å². The second kappa shape index (κ2) is 7.38. The van der Waals surface area contributed by atoms with Gasteiger partial charge in [-0.3, -0.25) is 4.79 Å². The van der Waals surface area contributed by atoms with E-state index in [4.69, 9.17) is 15.1 Å². The van der Waals surface area contributed by atoms with Crippen LogP contribution in [0.1, 0.15) is 26.2 Å². The van der Waals surface area contributed by atoms with Crippen molar-refractivity contribution in [2.45, 2.75) is 38.3 Å². The number of allylic oxidation sites excluding steroid dienone is 2. The van der Waals surface area contributed by atoms with E-state index in [2.05, 4.69) is 0 Å². The number of hydrogen-bond donors (Lipinski definition) is 1. The molecule has 1 aliphatic carbocycles. The van der Waals surface area contributed by atoms with Crippen LogP contribution in [-0.4, -0.2) is 47.2 Å². The molecular weight excluding hydrogens is 303 g/mol. The van der Waals surface area contributed by atoms with Crippen LogP contribution in [0.2, 0.25) is 0 Å². The summed E-state index contributed by atoms with van der Waals surface area (Å²) < 4.78 is 19.0.